The fraction of sp³-hybridized carbons (Fsp3) is 1.00. The molecule has 1 rings (SSSR count). The smallest absolute Gasteiger partial charge is 0.0599 e. The number of hydrogen-bond donors (Lipinski definition) is 1. The Morgan fingerprint density at radius 2 is 1.94 bits per heavy atom. The number of ether oxygens (including phenoxy) is 1. The van der Waals surface area contributed by atoms with E-state index in [1.165, 1.54) is 51.9 Å². The zero-order chi connectivity index (χ0) is 11.6. The van der Waals surface area contributed by atoms with E-state index in [1.807, 2.05) is 0 Å². The molecule has 0 spiro atoms. The van der Waals surface area contributed by atoms with Crippen LogP contribution in [0, 0.1) is 0 Å². The molecule has 0 bridgehead atoms. The Labute approximate surface area is 101 Å². The van der Waals surface area contributed by atoms with Crippen LogP contribution in [0.2, 0.25) is 0 Å². The Morgan fingerprint density at radius 3 is 2.56 bits per heavy atom. The van der Waals surface area contributed by atoms with Gasteiger partial charge in [0.15, 0.2) is 0 Å². The van der Waals surface area contributed by atoms with Crippen LogP contribution >= 0.6 is 0 Å². The maximum Gasteiger partial charge on any atom is 0.0599 e. The van der Waals surface area contributed by atoms with Crippen molar-refractivity contribution in [3.8, 4) is 0 Å². The standard InChI is InChI=1S/C13H28N2O/c1-3-8-14-9-5-10-15-11-6-13(7-12-15)16-4-2/h13-14H,3-12H2,1-2H3. The first-order chi connectivity index (χ1) is 7.86. The maximum atomic E-state index is 5.65. The first-order valence-corrected chi connectivity index (χ1v) is 6.91. The minimum atomic E-state index is 0.527. The quantitative estimate of drug-likeness (QED) is 0.642. The molecule has 16 heavy (non-hydrogen) atoms. The van der Waals surface area contributed by atoms with Crippen LogP contribution < -0.4 is 5.32 Å². The molecule has 1 N–H and O–H groups in total. The maximum absolute atomic E-state index is 5.65. The monoisotopic (exact) mass is 228 g/mol. The molecule has 0 amide bonds. The summed E-state index contributed by atoms with van der Waals surface area (Å²) < 4.78 is 5.65. The SMILES string of the molecule is CCCNCCCN1CCC(OCC)CC1. The minimum Gasteiger partial charge on any atom is -0.378 e. The highest BCUT2D eigenvalue weighted by atomic mass is 16.5. The number of likely N-dealkylation sites (tertiary alicyclic amines) is 1. The molecular formula is C13H28N2O. The summed E-state index contributed by atoms with van der Waals surface area (Å²) in [6.07, 6.45) is 5.48. The Morgan fingerprint density at radius 1 is 1.19 bits per heavy atom. The van der Waals surface area contributed by atoms with Gasteiger partial charge in [-0.15, -0.1) is 0 Å². The van der Waals surface area contributed by atoms with Crippen LogP contribution in [-0.4, -0.2) is 50.3 Å². The van der Waals surface area contributed by atoms with E-state index in [4.69, 9.17) is 4.74 Å². The fourth-order valence-electron chi connectivity index (χ4n) is 2.26. The third kappa shape index (κ3) is 5.83. The molecule has 96 valence electrons. The van der Waals surface area contributed by atoms with Crippen LogP contribution in [0.4, 0.5) is 0 Å². The van der Waals surface area contributed by atoms with Crippen molar-refractivity contribution in [2.24, 2.45) is 0 Å². The highest BCUT2D eigenvalue weighted by Crippen LogP contribution is 2.13. The van der Waals surface area contributed by atoms with E-state index < -0.39 is 0 Å². The number of piperidine rings is 1. The van der Waals surface area contributed by atoms with Crippen molar-refractivity contribution in [3.05, 3.63) is 0 Å². The second-order valence-corrected chi connectivity index (χ2v) is 4.60. The lowest BCUT2D eigenvalue weighted by Crippen LogP contribution is -2.38. The van der Waals surface area contributed by atoms with Crippen molar-refractivity contribution >= 4 is 0 Å². The van der Waals surface area contributed by atoms with Crippen molar-refractivity contribution in [2.75, 3.05) is 39.3 Å². The predicted molar refractivity (Wildman–Crippen MR) is 68.9 cm³/mol. The first-order valence-electron chi connectivity index (χ1n) is 6.91. The van der Waals surface area contributed by atoms with E-state index in [1.54, 1.807) is 0 Å². The average Bonchev–Trinajstić information content (AvgIpc) is 2.31. The molecule has 0 aromatic rings. The average molecular weight is 228 g/mol. The highest BCUT2D eigenvalue weighted by Gasteiger charge is 2.18. The molecule has 3 nitrogen and oxygen atoms in total. The highest BCUT2D eigenvalue weighted by molar-refractivity contribution is 4.72. The van der Waals surface area contributed by atoms with E-state index in [0.717, 1.165) is 13.2 Å². The van der Waals surface area contributed by atoms with Gasteiger partial charge < -0.3 is 15.0 Å². The zero-order valence-corrected chi connectivity index (χ0v) is 11.0. The van der Waals surface area contributed by atoms with Crippen molar-refractivity contribution < 1.29 is 4.74 Å². The molecule has 0 aromatic carbocycles. The molecule has 0 radical (unpaired) electrons. The Bertz CT molecular complexity index is 156. The second kappa shape index (κ2) is 8.97. The topological polar surface area (TPSA) is 24.5 Å². The van der Waals surface area contributed by atoms with Gasteiger partial charge in [0.05, 0.1) is 6.10 Å². The molecule has 1 fully saturated rings. The first kappa shape index (κ1) is 13.9. The lowest BCUT2D eigenvalue weighted by Gasteiger charge is -2.31. The van der Waals surface area contributed by atoms with E-state index in [-0.39, 0.29) is 0 Å². The second-order valence-electron chi connectivity index (χ2n) is 4.60. The lowest BCUT2D eigenvalue weighted by molar-refractivity contribution is 0.0141. The normalized spacial score (nSPS) is 19.1. The van der Waals surface area contributed by atoms with Crippen LogP contribution in [0.1, 0.15) is 39.5 Å². The third-order valence-electron chi connectivity index (χ3n) is 3.19. The van der Waals surface area contributed by atoms with Crippen LogP contribution in [0.15, 0.2) is 0 Å². The molecule has 0 aromatic heterocycles. The van der Waals surface area contributed by atoms with Crippen molar-refractivity contribution in [1.29, 1.82) is 0 Å². The summed E-state index contributed by atoms with van der Waals surface area (Å²) in [6.45, 7) is 11.2. The van der Waals surface area contributed by atoms with Gasteiger partial charge >= 0.3 is 0 Å². The van der Waals surface area contributed by atoms with Crippen LogP contribution in [0.3, 0.4) is 0 Å². The number of nitrogens with one attached hydrogen (secondary N) is 1. The summed E-state index contributed by atoms with van der Waals surface area (Å²) in [5, 5.41) is 3.45. The van der Waals surface area contributed by atoms with Gasteiger partial charge in [0.2, 0.25) is 0 Å². The number of nitrogens with zero attached hydrogens (tertiary/aromatic N) is 1. The summed E-state index contributed by atoms with van der Waals surface area (Å²) in [7, 11) is 0. The van der Waals surface area contributed by atoms with Crippen molar-refractivity contribution in [1.82, 2.24) is 10.2 Å². The summed E-state index contributed by atoms with van der Waals surface area (Å²) in [5.41, 5.74) is 0. The van der Waals surface area contributed by atoms with Gasteiger partial charge in [-0.2, -0.15) is 0 Å². The molecule has 1 aliphatic rings. The largest absolute Gasteiger partial charge is 0.378 e. The predicted octanol–water partition coefficient (Wildman–Crippen LogP) is 1.88. The minimum absolute atomic E-state index is 0.527. The fourth-order valence-corrected chi connectivity index (χ4v) is 2.26. The molecule has 1 saturated heterocycles. The number of rotatable bonds is 8. The molecule has 0 unspecified atom stereocenters. The summed E-state index contributed by atoms with van der Waals surface area (Å²) >= 11 is 0. The molecule has 0 aliphatic carbocycles. The van der Waals surface area contributed by atoms with Crippen LogP contribution in [0.5, 0.6) is 0 Å². The van der Waals surface area contributed by atoms with E-state index in [0.29, 0.717) is 6.10 Å². The van der Waals surface area contributed by atoms with Gasteiger partial charge in [0.25, 0.3) is 0 Å². The van der Waals surface area contributed by atoms with Crippen LogP contribution in [0.25, 0.3) is 0 Å². The van der Waals surface area contributed by atoms with Gasteiger partial charge in [-0.05, 0) is 52.2 Å². The lowest BCUT2D eigenvalue weighted by atomic mass is 10.1. The summed E-state index contributed by atoms with van der Waals surface area (Å²) in [5.74, 6) is 0. The molecular weight excluding hydrogens is 200 g/mol. The van der Waals surface area contributed by atoms with E-state index in [9.17, 15) is 0 Å². The van der Waals surface area contributed by atoms with Gasteiger partial charge in [-0.3, -0.25) is 0 Å². The Kier molecular flexibility index (Phi) is 7.81. The Balaban J connectivity index is 1.95. The molecule has 0 atom stereocenters. The summed E-state index contributed by atoms with van der Waals surface area (Å²) in [6, 6.07) is 0. The molecule has 0 saturated carbocycles. The summed E-state index contributed by atoms with van der Waals surface area (Å²) in [4.78, 5) is 2.57. The number of hydrogen-bond acceptors (Lipinski definition) is 3. The van der Waals surface area contributed by atoms with Gasteiger partial charge in [0, 0.05) is 19.7 Å². The molecule has 1 aliphatic heterocycles. The van der Waals surface area contributed by atoms with Crippen molar-refractivity contribution in [2.45, 2.75) is 45.6 Å². The van der Waals surface area contributed by atoms with Gasteiger partial charge in [-0.1, -0.05) is 6.92 Å². The van der Waals surface area contributed by atoms with Crippen molar-refractivity contribution in [3.63, 3.8) is 0 Å². The molecule has 3 heteroatoms. The van der Waals surface area contributed by atoms with Gasteiger partial charge in [0.1, 0.15) is 0 Å². The molecule has 1 heterocycles. The van der Waals surface area contributed by atoms with Crippen LogP contribution in [-0.2, 0) is 4.74 Å². The third-order valence-corrected chi connectivity index (χ3v) is 3.19. The van der Waals surface area contributed by atoms with E-state index in [2.05, 4.69) is 24.1 Å². The Hall–Kier alpha value is -0.120. The van der Waals surface area contributed by atoms with Gasteiger partial charge in [-0.25, -0.2) is 0 Å². The van der Waals surface area contributed by atoms with E-state index >= 15 is 0 Å². The zero-order valence-electron chi connectivity index (χ0n) is 11.0.